The monoisotopic (exact) mass is 318 g/mol. The molecule has 116 valence electrons. The third-order valence-corrected chi connectivity index (χ3v) is 4.51. The van der Waals surface area contributed by atoms with Crippen LogP contribution in [0.2, 0.25) is 0 Å². The first-order valence-corrected chi connectivity index (χ1v) is 8.60. The number of pyridine rings is 1. The van der Waals surface area contributed by atoms with E-state index < -0.39 is 5.95 Å². The lowest BCUT2D eigenvalue weighted by atomic mass is 10.2. The first kappa shape index (κ1) is 15.3. The molecule has 0 radical (unpaired) electrons. The van der Waals surface area contributed by atoms with Gasteiger partial charge in [0.15, 0.2) is 0 Å². The Bertz CT molecular complexity index is 620. The molecule has 0 N–H and O–H groups in total. The van der Waals surface area contributed by atoms with Crippen molar-refractivity contribution in [3.8, 4) is 5.88 Å². The van der Waals surface area contributed by atoms with Crippen molar-refractivity contribution in [2.75, 3.05) is 19.3 Å². The summed E-state index contributed by atoms with van der Waals surface area (Å²) in [6.07, 6.45) is 3.11. The van der Waals surface area contributed by atoms with E-state index in [1.165, 1.54) is 16.5 Å². The van der Waals surface area contributed by atoms with Gasteiger partial charge in [-0.1, -0.05) is 18.2 Å². The Labute approximate surface area is 134 Å². The fourth-order valence-electron chi connectivity index (χ4n) is 2.65. The van der Waals surface area contributed by atoms with Gasteiger partial charge in [-0.25, -0.2) is 0 Å². The van der Waals surface area contributed by atoms with E-state index in [-0.39, 0.29) is 6.10 Å². The predicted octanol–water partition coefficient (Wildman–Crippen LogP) is 3.60. The zero-order valence-corrected chi connectivity index (χ0v) is 13.4. The van der Waals surface area contributed by atoms with Gasteiger partial charge in [-0.05, 0) is 36.4 Å². The van der Waals surface area contributed by atoms with Gasteiger partial charge < -0.3 is 4.74 Å². The molecule has 2 aromatic rings. The summed E-state index contributed by atoms with van der Waals surface area (Å²) in [6.45, 7) is 2.76. The highest BCUT2D eigenvalue weighted by molar-refractivity contribution is 7.98. The molecule has 1 aliphatic rings. The molecule has 1 unspecified atom stereocenters. The highest BCUT2D eigenvalue weighted by Crippen LogP contribution is 2.20. The van der Waals surface area contributed by atoms with Crippen LogP contribution in [0, 0.1) is 5.95 Å². The van der Waals surface area contributed by atoms with Crippen molar-refractivity contribution >= 4 is 11.8 Å². The van der Waals surface area contributed by atoms with E-state index in [2.05, 4.69) is 40.4 Å². The van der Waals surface area contributed by atoms with Crippen LogP contribution < -0.4 is 4.74 Å². The minimum Gasteiger partial charge on any atom is -0.473 e. The smallest absolute Gasteiger partial charge is 0.216 e. The summed E-state index contributed by atoms with van der Waals surface area (Å²) in [5.41, 5.74) is 1.31. The Morgan fingerprint density at radius 2 is 2.09 bits per heavy atom. The van der Waals surface area contributed by atoms with Crippen LogP contribution in [-0.4, -0.2) is 35.3 Å². The number of hydrogen-bond donors (Lipinski definition) is 0. The minimum atomic E-state index is -0.499. The second-order valence-electron chi connectivity index (χ2n) is 5.41. The topological polar surface area (TPSA) is 25.4 Å². The first-order chi connectivity index (χ1) is 10.7. The largest absolute Gasteiger partial charge is 0.473 e. The van der Waals surface area contributed by atoms with E-state index in [0.717, 1.165) is 26.1 Å². The van der Waals surface area contributed by atoms with Gasteiger partial charge in [0.25, 0.3) is 0 Å². The first-order valence-electron chi connectivity index (χ1n) is 7.37. The summed E-state index contributed by atoms with van der Waals surface area (Å²) in [5, 5.41) is 0. The number of ether oxygens (including phenoxy) is 1. The van der Waals surface area contributed by atoms with Crippen LogP contribution in [0.3, 0.4) is 0 Å². The number of aromatic nitrogens is 1. The molecule has 1 aromatic carbocycles. The van der Waals surface area contributed by atoms with Crippen LogP contribution >= 0.6 is 11.8 Å². The molecular formula is C17H19FN2OS. The maximum atomic E-state index is 13.1. The molecular weight excluding hydrogens is 299 g/mol. The van der Waals surface area contributed by atoms with Crippen molar-refractivity contribution in [3.05, 3.63) is 54.0 Å². The van der Waals surface area contributed by atoms with Crippen LogP contribution in [0.1, 0.15) is 12.0 Å². The van der Waals surface area contributed by atoms with Gasteiger partial charge in [0.05, 0.1) is 0 Å². The van der Waals surface area contributed by atoms with Gasteiger partial charge in [0.1, 0.15) is 6.10 Å². The third kappa shape index (κ3) is 3.99. The quantitative estimate of drug-likeness (QED) is 0.621. The van der Waals surface area contributed by atoms with Crippen molar-refractivity contribution < 1.29 is 9.13 Å². The summed E-state index contributed by atoms with van der Waals surface area (Å²) in [4.78, 5) is 7.40. The summed E-state index contributed by atoms with van der Waals surface area (Å²) in [6, 6.07) is 13.3. The van der Waals surface area contributed by atoms with Crippen molar-refractivity contribution in [2.24, 2.45) is 0 Å². The Balaban J connectivity index is 1.53. The Morgan fingerprint density at radius 1 is 1.27 bits per heavy atom. The number of nitrogens with zero attached hydrogens (tertiary/aromatic N) is 2. The van der Waals surface area contributed by atoms with E-state index in [9.17, 15) is 4.39 Å². The van der Waals surface area contributed by atoms with Gasteiger partial charge in [-0.2, -0.15) is 9.37 Å². The highest BCUT2D eigenvalue weighted by atomic mass is 32.2. The van der Waals surface area contributed by atoms with Crippen molar-refractivity contribution in [3.63, 3.8) is 0 Å². The summed E-state index contributed by atoms with van der Waals surface area (Å²) in [7, 11) is 0. The Morgan fingerprint density at radius 3 is 2.82 bits per heavy atom. The SMILES string of the molecule is CSc1ccc(CN2CCC(Oc3cccc(F)n3)C2)cc1. The molecule has 0 saturated carbocycles. The van der Waals surface area contributed by atoms with Crippen molar-refractivity contribution in [2.45, 2.75) is 24.0 Å². The van der Waals surface area contributed by atoms with Crippen LogP contribution in [0.15, 0.2) is 47.4 Å². The third-order valence-electron chi connectivity index (χ3n) is 3.77. The number of benzene rings is 1. The Kier molecular flexibility index (Phi) is 4.95. The molecule has 0 aliphatic carbocycles. The molecule has 1 aromatic heterocycles. The van der Waals surface area contributed by atoms with Gasteiger partial charge in [0.2, 0.25) is 11.8 Å². The normalized spacial score (nSPS) is 18.5. The van der Waals surface area contributed by atoms with Crippen LogP contribution in [0.5, 0.6) is 5.88 Å². The van der Waals surface area contributed by atoms with Crippen molar-refractivity contribution in [1.82, 2.24) is 9.88 Å². The van der Waals surface area contributed by atoms with Crippen LogP contribution in [0.25, 0.3) is 0 Å². The lowest BCUT2D eigenvalue weighted by Gasteiger charge is -2.16. The number of thioether (sulfide) groups is 1. The molecule has 0 spiro atoms. The zero-order valence-electron chi connectivity index (χ0n) is 12.5. The molecule has 1 aliphatic heterocycles. The number of likely N-dealkylation sites (tertiary alicyclic amines) is 1. The predicted molar refractivity (Wildman–Crippen MR) is 86.7 cm³/mol. The molecule has 3 rings (SSSR count). The second-order valence-corrected chi connectivity index (χ2v) is 6.29. The molecule has 5 heteroatoms. The number of hydrogen-bond acceptors (Lipinski definition) is 4. The van der Waals surface area contributed by atoms with Crippen LogP contribution in [-0.2, 0) is 6.54 Å². The number of halogens is 1. The van der Waals surface area contributed by atoms with E-state index in [0.29, 0.717) is 5.88 Å². The molecule has 1 atom stereocenters. The standard InChI is InChI=1S/C17H19FN2OS/c1-22-15-7-5-13(6-8-15)11-20-10-9-14(12-20)21-17-4-2-3-16(18)19-17/h2-8,14H,9-12H2,1H3. The lowest BCUT2D eigenvalue weighted by molar-refractivity contribution is 0.189. The molecule has 0 amide bonds. The minimum absolute atomic E-state index is 0.0831. The fraction of sp³-hybridized carbons (Fsp3) is 0.353. The van der Waals surface area contributed by atoms with Crippen LogP contribution in [0.4, 0.5) is 4.39 Å². The summed E-state index contributed by atoms with van der Waals surface area (Å²) in [5.74, 6) is -0.127. The molecule has 1 saturated heterocycles. The van der Waals surface area contributed by atoms with Gasteiger partial charge >= 0.3 is 0 Å². The Hall–Kier alpha value is -1.59. The molecule has 1 fully saturated rings. The van der Waals surface area contributed by atoms with Gasteiger partial charge in [-0.3, -0.25) is 4.90 Å². The maximum Gasteiger partial charge on any atom is 0.216 e. The van der Waals surface area contributed by atoms with E-state index in [1.54, 1.807) is 23.9 Å². The second kappa shape index (κ2) is 7.11. The van der Waals surface area contributed by atoms with Gasteiger partial charge in [0, 0.05) is 30.6 Å². The summed E-state index contributed by atoms with van der Waals surface area (Å²) >= 11 is 1.75. The lowest BCUT2D eigenvalue weighted by Crippen LogP contribution is -2.24. The van der Waals surface area contributed by atoms with Crippen molar-refractivity contribution in [1.29, 1.82) is 0 Å². The average Bonchev–Trinajstić information content (AvgIpc) is 2.95. The van der Waals surface area contributed by atoms with Gasteiger partial charge in [-0.15, -0.1) is 11.8 Å². The summed E-state index contributed by atoms with van der Waals surface area (Å²) < 4.78 is 18.8. The molecule has 22 heavy (non-hydrogen) atoms. The number of rotatable bonds is 5. The zero-order chi connectivity index (χ0) is 15.4. The van der Waals surface area contributed by atoms with E-state index in [4.69, 9.17) is 4.74 Å². The molecule has 3 nitrogen and oxygen atoms in total. The van der Waals surface area contributed by atoms with E-state index >= 15 is 0 Å². The maximum absolute atomic E-state index is 13.1. The van der Waals surface area contributed by atoms with E-state index in [1.807, 2.05) is 0 Å². The highest BCUT2D eigenvalue weighted by Gasteiger charge is 2.24. The molecule has 2 heterocycles. The average molecular weight is 318 g/mol. The fourth-order valence-corrected chi connectivity index (χ4v) is 3.06. The molecule has 0 bridgehead atoms.